The van der Waals surface area contributed by atoms with Gasteiger partial charge in [0.15, 0.2) is 5.76 Å². The van der Waals surface area contributed by atoms with Crippen LogP contribution in [0, 0.1) is 13.8 Å². The number of rotatable bonds is 4. The average Bonchev–Trinajstić information content (AvgIpc) is 3.26. The van der Waals surface area contributed by atoms with Gasteiger partial charge in [0.2, 0.25) is 0 Å². The van der Waals surface area contributed by atoms with Crippen molar-refractivity contribution in [3.8, 4) is 16.4 Å². The first-order valence-corrected chi connectivity index (χ1v) is 8.66. The first-order valence-electron chi connectivity index (χ1n) is 7.78. The molecule has 1 aromatic carbocycles. The van der Waals surface area contributed by atoms with Gasteiger partial charge in [0.05, 0.1) is 4.88 Å². The fraction of sp³-hybridized carbons (Fsp3) is 0.158. The van der Waals surface area contributed by atoms with E-state index in [0.29, 0.717) is 17.0 Å². The SMILES string of the molecule is Cc1cc(=O)oc2c(C)c(OCc3cc(-c4cccs4)on3)ccc12. The quantitative estimate of drug-likeness (QED) is 0.497. The van der Waals surface area contributed by atoms with Crippen LogP contribution >= 0.6 is 11.3 Å². The number of ether oxygens (including phenoxy) is 1. The van der Waals surface area contributed by atoms with Crippen molar-refractivity contribution in [2.75, 3.05) is 0 Å². The lowest BCUT2D eigenvalue weighted by molar-refractivity contribution is 0.288. The van der Waals surface area contributed by atoms with Crippen molar-refractivity contribution in [1.29, 1.82) is 0 Å². The van der Waals surface area contributed by atoms with E-state index in [0.717, 1.165) is 27.2 Å². The summed E-state index contributed by atoms with van der Waals surface area (Å²) in [5.74, 6) is 1.38. The first kappa shape index (κ1) is 15.7. The van der Waals surface area contributed by atoms with E-state index in [-0.39, 0.29) is 12.2 Å². The number of hydrogen-bond donors (Lipinski definition) is 0. The fourth-order valence-corrected chi connectivity index (χ4v) is 3.40. The molecular weight excluding hydrogens is 338 g/mol. The molecule has 0 aliphatic heterocycles. The van der Waals surface area contributed by atoms with Crippen LogP contribution in [0.3, 0.4) is 0 Å². The molecule has 3 heterocycles. The minimum atomic E-state index is -0.359. The molecule has 0 N–H and O–H groups in total. The van der Waals surface area contributed by atoms with Crippen LogP contribution in [-0.2, 0) is 6.61 Å². The topological polar surface area (TPSA) is 65.5 Å². The third-order valence-corrected chi connectivity index (χ3v) is 4.90. The summed E-state index contributed by atoms with van der Waals surface area (Å²) in [6.07, 6.45) is 0. The highest BCUT2D eigenvalue weighted by Crippen LogP contribution is 2.29. The van der Waals surface area contributed by atoms with Gasteiger partial charge in [-0.1, -0.05) is 11.2 Å². The summed E-state index contributed by atoms with van der Waals surface area (Å²) >= 11 is 1.59. The lowest BCUT2D eigenvalue weighted by Crippen LogP contribution is -2.01. The van der Waals surface area contributed by atoms with Crippen molar-refractivity contribution in [2.45, 2.75) is 20.5 Å². The van der Waals surface area contributed by atoms with Gasteiger partial charge in [0.1, 0.15) is 23.6 Å². The summed E-state index contributed by atoms with van der Waals surface area (Å²) in [6.45, 7) is 4.04. The zero-order chi connectivity index (χ0) is 17.4. The van der Waals surface area contributed by atoms with E-state index in [1.165, 1.54) is 6.07 Å². The van der Waals surface area contributed by atoms with Gasteiger partial charge >= 0.3 is 5.63 Å². The van der Waals surface area contributed by atoms with Crippen LogP contribution in [0.25, 0.3) is 21.6 Å². The second-order valence-corrected chi connectivity index (χ2v) is 6.71. The summed E-state index contributed by atoms with van der Waals surface area (Å²) in [4.78, 5) is 12.7. The monoisotopic (exact) mass is 353 g/mol. The minimum Gasteiger partial charge on any atom is -0.487 e. The molecule has 0 unspecified atom stereocenters. The van der Waals surface area contributed by atoms with E-state index >= 15 is 0 Å². The Bertz CT molecular complexity index is 1090. The Morgan fingerprint density at radius 3 is 2.88 bits per heavy atom. The molecule has 0 aliphatic carbocycles. The molecule has 0 radical (unpaired) electrons. The van der Waals surface area contributed by atoms with Crippen molar-refractivity contribution in [1.82, 2.24) is 5.16 Å². The molecule has 5 nitrogen and oxygen atoms in total. The van der Waals surface area contributed by atoms with E-state index in [4.69, 9.17) is 13.7 Å². The Labute approximate surface area is 147 Å². The summed E-state index contributed by atoms with van der Waals surface area (Å²) < 4.78 is 16.6. The maximum atomic E-state index is 11.6. The number of aromatic nitrogens is 1. The van der Waals surface area contributed by atoms with E-state index in [2.05, 4.69) is 5.16 Å². The summed E-state index contributed by atoms with van der Waals surface area (Å²) in [5, 5.41) is 6.94. The summed E-state index contributed by atoms with van der Waals surface area (Å²) in [7, 11) is 0. The fourth-order valence-electron chi connectivity index (χ4n) is 2.72. The van der Waals surface area contributed by atoms with Crippen LogP contribution in [0.4, 0.5) is 0 Å². The number of benzene rings is 1. The zero-order valence-corrected chi connectivity index (χ0v) is 14.6. The number of hydrogen-bond acceptors (Lipinski definition) is 6. The Hall–Kier alpha value is -2.86. The van der Waals surface area contributed by atoms with Crippen LogP contribution < -0.4 is 10.4 Å². The van der Waals surface area contributed by atoms with Gasteiger partial charge < -0.3 is 13.7 Å². The Kier molecular flexibility index (Phi) is 3.89. The van der Waals surface area contributed by atoms with E-state index < -0.39 is 0 Å². The normalized spacial score (nSPS) is 11.1. The molecule has 0 bridgehead atoms. The van der Waals surface area contributed by atoms with Gasteiger partial charge in [0.25, 0.3) is 0 Å². The molecule has 0 atom stereocenters. The van der Waals surface area contributed by atoms with Crippen LogP contribution in [0.5, 0.6) is 5.75 Å². The maximum absolute atomic E-state index is 11.6. The van der Waals surface area contributed by atoms with Crippen LogP contribution in [0.2, 0.25) is 0 Å². The van der Waals surface area contributed by atoms with Crippen molar-refractivity contribution < 1.29 is 13.7 Å². The van der Waals surface area contributed by atoms with Crippen molar-refractivity contribution in [2.24, 2.45) is 0 Å². The minimum absolute atomic E-state index is 0.275. The van der Waals surface area contributed by atoms with Crippen molar-refractivity contribution >= 4 is 22.3 Å². The molecule has 126 valence electrons. The van der Waals surface area contributed by atoms with Gasteiger partial charge in [-0.25, -0.2) is 4.79 Å². The Balaban J connectivity index is 1.59. The molecule has 0 aliphatic rings. The standard InChI is InChI=1S/C19H15NO4S/c1-11-8-18(21)23-19-12(2)15(6-5-14(11)19)22-10-13-9-16(24-20-13)17-4-3-7-25-17/h3-9H,10H2,1-2H3. The lowest BCUT2D eigenvalue weighted by Gasteiger charge is -2.10. The summed E-state index contributed by atoms with van der Waals surface area (Å²) in [6, 6.07) is 11.1. The Morgan fingerprint density at radius 1 is 1.20 bits per heavy atom. The number of fused-ring (bicyclic) bond motifs is 1. The molecule has 6 heteroatoms. The average molecular weight is 353 g/mol. The third kappa shape index (κ3) is 2.96. The maximum Gasteiger partial charge on any atom is 0.336 e. The molecule has 0 spiro atoms. The van der Waals surface area contributed by atoms with Crippen LogP contribution in [0.15, 0.2) is 55.5 Å². The number of aryl methyl sites for hydroxylation is 2. The second-order valence-electron chi connectivity index (χ2n) is 5.76. The van der Waals surface area contributed by atoms with Gasteiger partial charge in [-0.3, -0.25) is 0 Å². The van der Waals surface area contributed by atoms with Gasteiger partial charge in [-0.05, 0) is 43.0 Å². The molecule has 0 fully saturated rings. The van der Waals surface area contributed by atoms with Crippen LogP contribution in [-0.4, -0.2) is 5.16 Å². The van der Waals surface area contributed by atoms with Crippen molar-refractivity contribution in [3.63, 3.8) is 0 Å². The molecule has 25 heavy (non-hydrogen) atoms. The predicted octanol–water partition coefficient (Wildman–Crippen LogP) is 4.71. The molecule has 0 amide bonds. The van der Waals surface area contributed by atoms with E-state index in [1.807, 2.05) is 49.6 Å². The summed E-state index contributed by atoms with van der Waals surface area (Å²) in [5.41, 5.74) is 2.58. The zero-order valence-electron chi connectivity index (χ0n) is 13.7. The second kappa shape index (κ2) is 6.22. The van der Waals surface area contributed by atoms with E-state index in [9.17, 15) is 4.79 Å². The Morgan fingerprint density at radius 2 is 2.08 bits per heavy atom. The molecule has 0 saturated heterocycles. The highest BCUT2D eigenvalue weighted by molar-refractivity contribution is 7.13. The molecule has 4 rings (SSSR count). The van der Waals surface area contributed by atoms with Gasteiger partial charge in [-0.2, -0.15) is 0 Å². The third-order valence-electron chi connectivity index (χ3n) is 4.02. The molecule has 3 aromatic heterocycles. The molecule has 0 saturated carbocycles. The first-order chi connectivity index (χ1) is 12.1. The largest absolute Gasteiger partial charge is 0.487 e. The highest BCUT2D eigenvalue weighted by atomic mass is 32.1. The lowest BCUT2D eigenvalue weighted by atomic mass is 10.1. The van der Waals surface area contributed by atoms with Crippen LogP contribution in [0.1, 0.15) is 16.8 Å². The number of nitrogens with zero attached hydrogens (tertiary/aromatic N) is 1. The predicted molar refractivity (Wildman–Crippen MR) is 96.1 cm³/mol. The molecular formula is C19H15NO4S. The van der Waals surface area contributed by atoms with Gasteiger partial charge in [-0.15, -0.1) is 11.3 Å². The number of thiophene rings is 1. The smallest absolute Gasteiger partial charge is 0.336 e. The highest BCUT2D eigenvalue weighted by Gasteiger charge is 2.12. The van der Waals surface area contributed by atoms with E-state index in [1.54, 1.807) is 11.3 Å². The molecule has 4 aromatic rings. The van der Waals surface area contributed by atoms with Gasteiger partial charge in [0, 0.05) is 23.1 Å². The van der Waals surface area contributed by atoms with Crippen molar-refractivity contribution in [3.05, 3.63) is 69.0 Å².